The molecule has 0 aliphatic heterocycles. The predicted octanol–water partition coefficient (Wildman–Crippen LogP) is 5.21. The smallest absolute Gasteiger partial charge is 0.387 e. The molecule has 0 atom stereocenters. The Morgan fingerprint density at radius 3 is 2.45 bits per heavy atom. The van der Waals surface area contributed by atoms with E-state index >= 15 is 0 Å². The van der Waals surface area contributed by atoms with Crippen molar-refractivity contribution in [1.29, 1.82) is 0 Å². The Bertz CT molecular complexity index is 593. The van der Waals surface area contributed by atoms with E-state index in [1.54, 1.807) is 12.1 Å². The summed E-state index contributed by atoms with van der Waals surface area (Å²) >= 11 is 11.9. The van der Waals surface area contributed by atoms with Crippen molar-refractivity contribution in [3.8, 4) is 5.75 Å². The maximum atomic E-state index is 12.1. The van der Waals surface area contributed by atoms with Gasteiger partial charge in [0, 0.05) is 17.3 Å². The van der Waals surface area contributed by atoms with Gasteiger partial charge in [-0.25, -0.2) is 0 Å². The number of hydrogen-bond acceptors (Lipinski definition) is 2. The fourth-order valence-electron chi connectivity index (χ4n) is 1.64. The normalized spacial score (nSPS) is 10.7. The van der Waals surface area contributed by atoms with Gasteiger partial charge in [0.05, 0.1) is 5.02 Å². The van der Waals surface area contributed by atoms with E-state index < -0.39 is 6.61 Å². The molecule has 0 spiro atoms. The summed E-state index contributed by atoms with van der Waals surface area (Å²) in [5, 5.41) is 3.89. The van der Waals surface area contributed by atoms with Gasteiger partial charge in [0.15, 0.2) is 0 Å². The van der Waals surface area contributed by atoms with E-state index in [4.69, 9.17) is 23.2 Å². The van der Waals surface area contributed by atoms with Crippen LogP contribution in [0.1, 0.15) is 5.56 Å². The minimum atomic E-state index is -2.89. The van der Waals surface area contributed by atoms with Crippen LogP contribution in [0, 0.1) is 0 Å². The van der Waals surface area contributed by atoms with Crippen molar-refractivity contribution in [3.05, 3.63) is 58.1 Å². The molecule has 0 aromatic heterocycles. The van der Waals surface area contributed by atoms with Gasteiger partial charge in [-0.3, -0.25) is 0 Å². The van der Waals surface area contributed by atoms with Crippen LogP contribution in [0.3, 0.4) is 0 Å². The highest BCUT2D eigenvalue weighted by Gasteiger charge is 2.09. The first-order chi connectivity index (χ1) is 9.56. The first-order valence-corrected chi connectivity index (χ1v) is 6.53. The molecule has 0 aliphatic carbocycles. The lowest BCUT2D eigenvalue weighted by Crippen LogP contribution is -2.03. The van der Waals surface area contributed by atoms with Crippen molar-refractivity contribution in [2.75, 3.05) is 5.32 Å². The van der Waals surface area contributed by atoms with Gasteiger partial charge in [0.25, 0.3) is 0 Å². The zero-order chi connectivity index (χ0) is 14.5. The van der Waals surface area contributed by atoms with Crippen LogP contribution in [-0.2, 0) is 6.54 Å². The Balaban J connectivity index is 2.04. The van der Waals surface area contributed by atoms with E-state index in [0.717, 1.165) is 5.56 Å². The molecule has 6 heteroatoms. The minimum Gasteiger partial charge on any atom is -0.433 e. The molecule has 0 heterocycles. The van der Waals surface area contributed by atoms with Gasteiger partial charge in [-0.2, -0.15) is 8.78 Å². The van der Waals surface area contributed by atoms with E-state index in [0.29, 0.717) is 17.3 Å². The maximum absolute atomic E-state index is 12.1. The molecular formula is C14H11Cl2F2NO. The number of rotatable bonds is 5. The van der Waals surface area contributed by atoms with Crippen LogP contribution < -0.4 is 10.1 Å². The molecule has 0 saturated carbocycles. The van der Waals surface area contributed by atoms with Gasteiger partial charge in [0.2, 0.25) is 0 Å². The lowest BCUT2D eigenvalue weighted by atomic mass is 10.2. The van der Waals surface area contributed by atoms with Crippen LogP contribution in [0.5, 0.6) is 5.75 Å². The summed E-state index contributed by atoms with van der Waals surface area (Å²) in [6.07, 6.45) is 0. The molecule has 0 fully saturated rings. The van der Waals surface area contributed by atoms with Crippen LogP contribution in [0.2, 0.25) is 10.0 Å². The lowest BCUT2D eigenvalue weighted by molar-refractivity contribution is -0.0497. The number of nitrogens with one attached hydrogen (secondary N) is 1. The Labute approximate surface area is 125 Å². The highest BCUT2D eigenvalue weighted by atomic mass is 35.5. The molecule has 2 aromatic rings. The number of alkyl halides is 2. The third kappa shape index (κ3) is 3.99. The Morgan fingerprint density at radius 2 is 1.80 bits per heavy atom. The number of benzene rings is 2. The molecule has 2 nitrogen and oxygen atoms in total. The van der Waals surface area contributed by atoms with Crippen molar-refractivity contribution >= 4 is 28.9 Å². The zero-order valence-electron chi connectivity index (χ0n) is 10.2. The number of anilines is 1. The molecule has 0 bridgehead atoms. The molecule has 0 radical (unpaired) electrons. The summed E-state index contributed by atoms with van der Waals surface area (Å²) in [5.74, 6) is -0.0510. The number of ether oxygens (including phenoxy) is 1. The van der Waals surface area contributed by atoms with E-state index in [1.807, 2.05) is 18.2 Å². The number of hydrogen-bond donors (Lipinski definition) is 1. The standard InChI is InChI=1S/C14H11Cl2F2NO/c15-11-4-2-1-3-9(11)8-19-10-5-6-13(12(16)7-10)20-14(17)18/h1-7,14,19H,8H2. The van der Waals surface area contributed by atoms with Crippen molar-refractivity contribution in [2.24, 2.45) is 0 Å². The van der Waals surface area contributed by atoms with Crippen LogP contribution in [-0.4, -0.2) is 6.61 Å². The summed E-state index contributed by atoms with van der Waals surface area (Å²) in [4.78, 5) is 0. The average Bonchev–Trinajstić information content (AvgIpc) is 2.40. The molecule has 2 aromatic carbocycles. The van der Waals surface area contributed by atoms with Gasteiger partial charge in [-0.05, 0) is 29.8 Å². The second-order valence-corrected chi connectivity index (χ2v) is 4.78. The van der Waals surface area contributed by atoms with Gasteiger partial charge in [-0.15, -0.1) is 0 Å². The Hall–Kier alpha value is -1.52. The van der Waals surface area contributed by atoms with Crippen LogP contribution >= 0.6 is 23.2 Å². The van der Waals surface area contributed by atoms with E-state index in [-0.39, 0.29) is 10.8 Å². The van der Waals surface area contributed by atoms with Crippen LogP contribution in [0.4, 0.5) is 14.5 Å². The van der Waals surface area contributed by atoms with Gasteiger partial charge in [-0.1, -0.05) is 41.4 Å². The molecular weight excluding hydrogens is 307 g/mol. The summed E-state index contributed by atoms with van der Waals surface area (Å²) in [6, 6.07) is 11.9. The fraction of sp³-hybridized carbons (Fsp3) is 0.143. The first-order valence-electron chi connectivity index (χ1n) is 5.78. The highest BCUT2D eigenvalue weighted by molar-refractivity contribution is 6.32. The Kier molecular flexibility index (Phi) is 5.04. The molecule has 2 rings (SSSR count). The molecule has 1 N–H and O–H groups in total. The van der Waals surface area contributed by atoms with Crippen molar-refractivity contribution in [1.82, 2.24) is 0 Å². The van der Waals surface area contributed by atoms with E-state index in [9.17, 15) is 8.78 Å². The highest BCUT2D eigenvalue weighted by Crippen LogP contribution is 2.29. The number of halogens is 4. The largest absolute Gasteiger partial charge is 0.433 e. The van der Waals surface area contributed by atoms with Crippen LogP contribution in [0.15, 0.2) is 42.5 Å². The lowest BCUT2D eigenvalue weighted by Gasteiger charge is -2.11. The van der Waals surface area contributed by atoms with Crippen molar-refractivity contribution in [3.63, 3.8) is 0 Å². The summed E-state index contributed by atoms with van der Waals surface area (Å²) < 4.78 is 28.5. The quantitative estimate of drug-likeness (QED) is 0.817. The second kappa shape index (κ2) is 6.77. The topological polar surface area (TPSA) is 21.3 Å². The molecule has 0 unspecified atom stereocenters. The minimum absolute atomic E-state index is 0.0510. The SMILES string of the molecule is FC(F)Oc1ccc(NCc2ccccc2Cl)cc1Cl. The van der Waals surface area contributed by atoms with Crippen molar-refractivity contribution < 1.29 is 13.5 Å². The van der Waals surface area contributed by atoms with E-state index in [1.165, 1.54) is 12.1 Å². The monoisotopic (exact) mass is 317 g/mol. The average molecular weight is 318 g/mol. The maximum Gasteiger partial charge on any atom is 0.387 e. The summed E-state index contributed by atoms with van der Waals surface area (Å²) in [6.45, 7) is -2.39. The molecule has 0 saturated heterocycles. The third-order valence-corrected chi connectivity index (χ3v) is 3.25. The van der Waals surface area contributed by atoms with Crippen molar-refractivity contribution in [2.45, 2.75) is 13.2 Å². The van der Waals surface area contributed by atoms with Gasteiger partial charge < -0.3 is 10.1 Å². The molecule has 106 valence electrons. The molecule has 0 aliphatic rings. The second-order valence-electron chi connectivity index (χ2n) is 3.97. The van der Waals surface area contributed by atoms with Crippen LogP contribution in [0.25, 0.3) is 0 Å². The molecule has 0 amide bonds. The van der Waals surface area contributed by atoms with E-state index in [2.05, 4.69) is 10.1 Å². The summed E-state index contributed by atoms with van der Waals surface area (Å²) in [5.41, 5.74) is 1.62. The fourth-order valence-corrected chi connectivity index (χ4v) is 2.07. The first kappa shape index (κ1) is 14.9. The zero-order valence-corrected chi connectivity index (χ0v) is 11.8. The summed E-state index contributed by atoms with van der Waals surface area (Å²) in [7, 11) is 0. The molecule has 20 heavy (non-hydrogen) atoms. The Morgan fingerprint density at radius 1 is 1.05 bits per heavy atom. The van der Waals surface area contributed by atoms with Gasteiger partial charge in [0.1, 0.15) is 5.75 Å². The predicted molar refractivity (Wildman–Crippen MR) is 76.9 cm³/mol. The van der Waals surface area contributed by atoms with Gasteiger partial charge >= 0.3 is 6.61 Å². The third-order valence-electron chi connectivity index (χ3n) is 2.59.